The molecule has 0 saturated carbocycles. The van der Waals surface area contributed by atoms with Gasteiger partial charge in [0.25, 0.3) is 0 Å². The molecule has 0 spiro atoms. The van der Waals surface area contributed by atoms with Crippen LogP contribution in [0.15, 0.2) is 6.20 Å². The molecule has 1 aromatic heterocycles. The predicted molar refractivity (Wildman–Crippen MR) is 75.2 cm³/mol. The summed E-state index contributed by atoms with van der Waals surface area (Å²) < 4.78 is 0. The van der Waals surface area contributed by atoms with Crippen LogP contribution in [-0.4, -0.2) is 48.1 Å². The number of likely N-dealkylation sites (tertiary alicyclic amines) is 1. The average molecular weight is 269 g/mol. The van der Waals surface area contributed by atoms with E-state index < -0.39 is 0 Å². The zero-order valence-corrected chi connectivity index (χ0v) is 12.1. The molecule has 4 nitrogen and oxygen atoms in total. The van der Waals surface area contributed by atoms with E-state index in [9.17, 15) is 0 Å². The highest BCUT2D eigenvalue weighted by molar-refractivity contribution is 6.17. The van der Waals surface area contributed by atoms with Gasteiger partial charge in [0.1, 0.15) is 0 Å². The lowest BCUT2D eigenvalue weighted by Crippen LogP contribution is -2.45. The Morgan fingerprint density at radius 3 is 2.94 bits per heavy atom. The van der Waals surface area contributed by atoms with E-state index in [0.717, 1.165) is 23.8 Å². The monoisotopic (exact) mass is 268 g/mol. The van der Waals surface area contributed by atoms with Crippen molar-refractivity contribution in [2.45, 2.75) is 31.7 Å². The number of nitrogens with zero attached hydrogens (tertiary/aromatic N) is 4. The van der Waals surface area contributed by atoms with Crippen molar-refractivity contribution < 1.29 is 0 Å². The van der Waals surface area contributed by atoms with Gasteiger partial charge in [-0.25, -0.2) is 9.97 Å². The van der Waals surface area contributed by atoms with Crippen LogP contribution >= 0.6 is 11.6 Å². The second kappa shape index (κ2) is 5.85. The molecule has 2 rings (SSSR count). The number of rotatable bonds is 3. The van der Waals surface area contributed by atoms with Gasteiger partial charge < -0.3 is 9.80 Å². The van der Waals surface area contributed by atoms with Crippen LogP contribution in [0.4, 0.5) is 5.95 Å². The van der Waals surface area contributed by atoms with E-state index in [4.69, 9.17) is 11.6 Å². The van der Waals surface area contributed by atoms with E-state index in [-0.39, 0.29) is 0 Å². The number of alkyl halides is 1. The number of aryl methyl sites for hydroxylation is 1. The van der Waals surface area contributed by atoms with Crippen LogP contribution in [0, 0.1) is 6.92 Å². The molecule has 0 N–H and O–H groups in total. The van der Waals surface area contributed by atoms with Crippen molar-refractivity contribution in [3.8, 4) is 0 Å². The van der Waals surface area contributed by atoms with Crippen molar-refractivity contribution >= 4 is 17.5 Å². The van der Waals surface area contributed by atoms with Gasteiger partial charge >= 0.3 is 0 Å². The summed E-state index contributed by atoms with van der Waals surface area (Å²) in [6.45, 7) is 4.26. The quantitative estimate of drug-likeness (QED) is 0.786. The first kappa shape index (κ1) is 13.6. The molecule has 1 aliphatic rings. The highest BCUT2D eigenvalue weighted by atomic mass is 35.5. The van der Waals surface area contributed by atoms with Crippen LogP contribution in [0.1, 0.15) is 24.1 Å². The smallest absolute Gasteiger partial charge is 0.225 e. The Balaban J connectivity index is 2.12. The molecule has 0 amide bonds. The van der Waals surface area contributed by atoms with Gasteiger partial charge in [0, 0.05) is 37.1 Å². The Labute approximate surface area is 114 Å². The first-order chi connectivity index (χ1) is 8.61. The summed E-state index contributed by atoms with van der Waals surface area (Å²) in [7, 11) is 4.25. The maximum Gasteiger partial charge on any atom is 0.225 e. The molecule has 0 radical (unpaired) electrons. The lowest BCUT2D eigenvalue weighted by molar-refractivity contribution is 0.247. The summed E-state index contributed by atoms with van der Waals surface area (Å²) in [6.07, 6.45) is 4.29. The van der Waals surface area contributed by atoms with Crippen LogP contribution in [0.5, 0.6) is 0 Å². The normalized spacial score (nSPS) is 21.0. The predicted octanol–water partition coefficient (Wildman–Crippen LogP) is 2.05. The van der Waals surface area contributed by atoms with Crippen LogP contribution in [-0.2, 0) is 5.88 Å². The van der Waals surface area contributed by atoms with Crippen LogP contribution in [0.3, 0.4) is 0 Å². The zero-order chi connectivity index (χ0) is 13.1. The van der Waals surface area contributed by atoms with E-state index in [1.807, 2.05) is 13.1 Å². The summed E-state index contributed by atoms with van der Waals surface area (Å²) in [5.74, 6) is 1.28. The van der Waals surface area contributed by atoms with E-state index in [2.05, 4.69) is 33.9 Å². The number of aromatic nitrogens is 2. The number of anilines is 1. The molecule has 100 valence electrons. The van der Waals surface area contributed by atoms with Crippen molar-refractivity contribution in [3.05, 3.63) is 17.5 Å². The molecule has 5 heteroatoms. The maximum atomic E-state index is 5.83. The number of hydrogen-bond acceptors (Lipinski definition) is 4. The molecule has 0 aliphatic carbocycles. The highest BCUT2D eigenvalue weighted by Gasteiger charge is 2.22. The third-order valence-corrected chi connectivity index (χ3v) is 3.96. The molecule has 1 atom stereocenters. The van der Waals surface area contributed by atoms with Crippen molar-refractivity contribution in [1.29, 1.82) is 0 Å². The third kappa shape index (κ3) is 2.93. The Bertz CT molecular complexity index is 410. The van der Waals surface area contributed by atoms with Gasteiger partial charge in [-0.05, 0) is 33.4 Å². The molecular formula is C13H21ClN4. The van der Waals surface area contributed by atoms with Crippen molar-refractivity contribution in [3.63, 3.8) is 0 Å². The van der Waals surface area contributed by atoms with Crippen molar-refractivity contribution in [2.24, 2.45) is 0 Å². The van der Waals surface area contributed by atoms with Gasteiger partial charge in [0.15, 0.2) is 0 Å². The minimum absolute atomic E-state index is 0.474. The van der Waals surface area contributed by atoms with Gasteiger partial charge in [-0.3, -0.25) is 0 Å². The van der Waals surface area contributed by atoms with E-state index in [1.54, 1.807) is 0 Å². The Kier molecular flexibility index (Phi) is 4.40. The largest absolute Gasteiger partial charge is 0.340 e. The lowest BCUT2D eigenvalue weighted by Gasteiger charge is -2.35. The Hall–Kier alpha value is -0.870. The molecular weight excluding hydrogens is 248 g/mol. The molecule has 2 heterocycles. The van der Waals surface area contributed by atoms with Gasteiger partial charge in [0.05, 0.1) is 5.88 Å². The van der Waals surface area contributed by atoms with E-state index >= 15 is 0 Å². The van der Waals surface area contributed by atoms with Crippen LogP contribution in [0.2, 0.25) is 0 Å². The first-order valence-corrected chi connectivity index (χ1v) is 6.95. The van der Waals surface area contributed by atoms with Gasteiger partial charge in [-0.15, -0.1) is 11.6 Å². The average Bonchev–Trinajstić information content (AvgIpc) is 2.37. The molecule has 18 heavy (non-hydrogen) atoms. The minimum atomic E-state index is 0.474. The van der Waals surface area contributed by atoms with Crippen LogP contribution in [0.25, 0.3) is 0 Å². The summed E-state index contributed by atoms with van der Waals surface area (Å²) in [6, 6.07) is 0.505. The molecule has 0 aromatic carbocycles. The topological polar surface area (TPSA) is 32.3 Å². The van der Waals surface area contributed by atoms with Gasteiger partial charge in [-0.2, -0.15) is 0 Å². The molecule has 1 aliphatic heterocycles. The molecule has 1 unspecified atom stereocenters. The number of piperidine rings is 1. The molecule has 1 aromatic rings. The fraction of sp³-hybridized carbons (Fsp3) is 0.692. The van der Waals surface area contributed by atoms with E-state index in [1.165, 1.54) is 19.4 Å². The van der Waals surface area contributed by atoms with Crippen LogP contribution < -0.4 is 4.90 Å². The summed E-state index contributed by atoms with van der Waals surface area (Å²) in [5, 5.41) is 0. The fourth-order valence-electron chi connectivity index (χ4n) is 2.40. The molecule has 1 saturated heterocycles. The fourth-order valence-corrected chi connectivity index (χ4v) is 2.66. The first-order valence-electron chi connectivity index (χ1n) is 6.41. The summed E-state index contributed by atoms with van der Waals surface area (Å²) >= 11 is 5.83. The molecule has 0 bridgehead atoms. The molecule has 1 fully saturated rings. The van der Waals surface area contributed by atoms with E-state index in [0.29, 0.717) is 11.9 Å². The number of halogens is 1. The summed E-state index contributed by atoms with van der Waals surface area (Å²) in [5.41, 5.74) is 1.99. The summed E-state index contributed by atoms with van der Waals surface area (Å²) in [4.78, 5) is 13.5. The van der Waals surface area contributed by atoms with Gasteiger partial charge in [0.2, 0.25) is 5.95 Å². The minimum Gasteiger partial charge on any atom is -0.340 e. The number of hydrogen-bond donors (Lipinski definition) is 0. The second-order valence-corrected chi connectivity index (χ2v) is 5.35. The second-order valence-electron chi connectivity index (χ2n) is 5.08. The maximum absolute atomic E-state index is 5.83. The highest BCUT2D eigenvalue weighted by Crippen LogP contribution is 2.19. The number of likely N-dealkylation sites (N-methyl/N-ethyl adjacent to an activating group) is 2. The lowest BCUT2D eigenvalue weighted by atomic mass is 10.1. The zero-order valence-electron chi connectivity index (χ0n) is 11.4. The Morgan fingerprint density at radius 1 is 1.56 bits per heavy atom. The SMILES string of the molecule is Cc1nc(N(C)C2CCCN(C)C2)ncc1CCl. The third-order valence-electron chi connectivity index (χ3n) is 3.68. The van der Waals surface area contributed by atoms with Crippen molar-refractivity contribution in [2.75, 3.05) is 32.1 Å². The van der Waals surface area contributed by atoms with Gasteiger partial charge in [-0.1, -0.05) is 0 Å². The van der Waals surface area contributed by atoms with Crippen molar-refractivity contribution in [1.82, 2.24) is 14.9 Å². The standard InChI is InChI=1S/C13H21ClN4/c1-10-11(7-14)8-15-13(16-10)18(3)12-5-4-6-17(2)9-12/h8,12H,4-7,9H2,1-3H3. The Morgan fingerprint density at radius 2 is 2.33 bits per heavy atom.